The normalized spacial score (nSPS) is 11.6. The summed E-state index contributed by atoms with van der Waals surface area (Å²) in [5.41, 5.74) is 11.0. The summed E-state index contributed by atoms with van der Waals surface area (Å²) in [7, 11) is 0. The van der Waals surface area contributed by atoms with Crippen molar-refractivity contribution in [2.24, 2.45) is 0 Å². The van der Waals surface area contributed by atoms with Crippen molar-refractivity contribution in [2.45, 2.75) is 0 Å². The van der Waals surface area contributed by atoms with Crippen LogP contribution in [0.1, 0.15) is 0 Å². The van der Waals surface area contributed by atoms with E-state index in [4.69, 9.17) is 0 Å². The number of rotatable bonds is 4. The summed E-state index contributed by atoms with van der Waals surface area (Å²) in [5, 5.41) is 5.21. The van der Waals surface area contributed by atoms with Crippen LogP contribution >= 0.6 is 0 Å². The first-order valence-corrected chi connectivity index (χ1v) is 13.3. The third kappa shape index (κ3) is 3.53. The second-order valence-electron chi connectivity index (χ2n) is 10.1. The molecule has 2 heteroatoms. The number of benzene rings is 6. The quantitative estimate of drug-likeness (QED) is 0.241. The molecule has 182 valence electrons. The number of pyridine rings is 1. The third-order valence-corrected chi connectivity index (χ3v) is 7.84. The van der Waals surface area contributed by atoms with Crippen molar-refractivity contribution >= 4 is 38.6 Å². The lowest BCUT2D eigenvalue weighted by Crippen LogP contribution is -2.09. The fourth-order valence-corrected chi connectivity index (χ4v) is 6.03. The minimum atomic E-state index is 1.03. The molecule has 0 amide bonds. The fraction of sp³-hybridized carbons (Fsp3) is 0. The van der Waals surface area contributed by atoms with E-state index in [0.29, 0.717) is 0 Å². The summed E-state index contributed by atoms with van der Waals surface area (Å²) < 4.78 is 0. The summed E-state index contributed by atoms with van der Waals surface area (Å²) in [6.45, 7) is 0. The first kappa shape index (κ1) is 21.8. The molecule has 2 nitrogen and oxygen atoms in total. The van der Waals surface area contributed by atoms with E-state index in [2.05, 4.69) is 131 Å². The standard InChI is InChI=1S/C37H24N2/c1-2-9-30(10-3-1)39(32-11-6-20-38-24-32)31-18-16-25(17-19-31)27-14-15-28-22-35-33-12-4-7-26-8-5-13-34(37(26)33)36(35)23-29(28)21-27/h1-24H. The van der Waals surface area contributed by atoms with Gasteiger partial charge in [0.05, 0.1) is 11.9 Å². The predicted molar refractivity (Wildman–Crippen MR) is 164 cm³/mol. The first-order chi connectivity index (χ1) is 19.3. The lowest BCUT2D eigenvalue weighted by Gasteiger charge is -2.25. The van der Waals surface area contributed by atoms with E-state index in [1.165, 1.54) is 54.9 Å². The van der Waals surface area contributed by atoms with Crippen molar-refractivity contribution in [3.05, 3.63) is 146 Å². The zero-order chi connectivity index (χ0) is 25.8. The Morgan fingerprint density at radius 3 is 1.79 bits per heavy atom. The van der Waals surface area contributed by atoms with Gasteiger partial charge in [-0.3, -0.25) is 4.98 Å². The van der Waals surface area contributed by atoms with Crippen LogP contribution in [0.3, 0.4) is 0 Å². The van der Waals surface area contributed by atoms with E-state index in [1.54, 1.807) is 0 Å². The van der Waals surface area contributed by atoms with Gasteiger partial charge in [-0.2, -0.15) is 0 Å². The Kier molecular flexibility index (Phi) is 4.86. The average molecular weight is 497 g/mol. The number of para-hydroxylation sites is 1. The van der Waals surface area contributed by atoms with Crippen LogP contribution in [0.5, 0.6) is 0 Å². The molecular weight excluding hydrogens is 472 g/mol. The summed E-state index contributed by atoms with van der Waals surface area (Å²) in [4.78, 5) is 6.59. The van der Waals surface area contributed by atoms with Gasteiger partial charge in [0.1, 0.15) is 0 Å². The van der Waals surface area contributed by atoms with E-state index in [-0.39, 0.29) is 0 Å². The van der Waals surface area contributed by atoms with Gasteiger partial charge in [-0.05, 0) is 110 Å². The first-order valence-electron chi connectivity index (χ1n) is 13.3. The second-order valence-corrected chi connectivity index (χ2v) is 10.1. The maximum absolute atomic E-state index is 4.36. The van der Waals surface area contributed by atoms with Gasteiger partial charge in [-0.15, -0.1) is 0 Å². The third-order valence-electron chi connectivity index (χ3n) is 7.84. The van der Waals surface area contributed by atoms with Crippen molar-refractivity contribution in [3.8, 4) is 33.4 Å². The highest BCUT2D eigenvalue weighted by molar-refractivity contribution is 6.17. The molecule has 0 spiro atoms. The minimum Gasteiger partial charge on any atom is -0.309 e. The Balaban J connectivity index is 1.19. The average Bonchev–Trinajstić information content (AvgIpc) is 3.31. The van der Waals surface area contributed by atoms with Crippen LogP contribution in [0, 0.1) is 0 Å². The SMILES string of the molecule is c1ccc(N(c2ccc(-c3ccc4cc5c(cc4c3)-c3cccc4cccc-5c34)cc2)c2cccnc2)cc1. The highest BCUT2D eigenvalue weighted by atomic mass is 15.1. The molecule has 0 N–H and O–H groups in total. The Bertz CT molecular complexity index is 1950. The fourth-order valence-electron chi connectivity index (χ4n) is 6.03. The second kappa shape index (κ2) is 8.68. The number of hydrogen-bond acceptors (Lipinski definition) is 2. The van der Waals surface area contributed by atoms with Crippen LogP contribution in [-0.4, -0.2) is 4.98 Å². The molecule has 6 aromatic carbocycles. The summed E-state index contributed by atoms with van der Waals surface area (Å²) in [6.07, 6.45) is 3.71. The van der Waals surface area contributed by atoms with Gasteiger partial charge < -0.3 is 4.90 Å². The van der Waals surface area contributed by atoms with Gasteiger partial charge in [0, 0.05) is 17.6 Å². The smallest absolute Gasteiger partial charge is 0.0644 e. The Hall–Kier alpha value is -5.21. The molecular formula is C37H24N2. The Morgan fingerprint density at radius 1 is 0.410 bits per heavy atom. The summed E-state index contributed by atoms with van der Waals surface area (Å²) >= 11 is 0. The largest absolute Gasteiger partial charge is 0.309 e. The topological polar surface area (TPSA) is 16.1 Å². The van der Waals surface area contributed by atoms with Crippen molar-refractivity contribution in [1.82, 2.24) is 4.98 Å². The molecule has 0 bridgehead atoms. The molecule has 1 heterocycles. The number of hydrogen-bond donors (Lipinski definition) is 0. The molecule has 7 aromatic rings. The van der Waals surface area contributed by atoms with E-state index >= 15 is 0 Å². The van der Waals surface area contributed by atoms with E-state index in [9.17, 15) is 0 Å². The lowest BCUT2D eigenvalue weighted by atomic mass is 9.96. The molecule has 0 saturated heterocycles. The molecule has 1 aliphatic carbocycles. The molecule has 0 atom stereocenters. The maximum Gasteiger partial charge on any atom is 0.0644 e. The monoisotopic (exact) mass is 496 g/mol. The molecule has 0 saturated carbocycles. The van der Waals surface area contributed by atoms with Gasteiger partial charge in [-0.25, -0.2) is 0 Å². The number of aromatic nitrogens is 1. The zero-order valence-corrected chi connectivity index (χ0v) is 21.3. The molecule has 1 aromatic heterocycles. The van der Waals surface area contributed by atoms with Gasteiger partial charge in [-0.1, -0.05) is 78.9 Å². The zero-order valence-electron chi connectivity index (χ0n) is 21.3. The van der Waals surface area contributed by atoms with E-state index in [0.717, 1.165) is 17.1 Å². The van der Waals surface area contributed by atoms with Crippen LogP contribution < -0.4 is 4.90 Å². The van der Waals surface area contributed by atoms with Gasteiger partial charge >= 0.3 is 0 Å². The van der Waals surface area contributed by atoms with Gasteiger partial charge in [0.15, 0.2) is 0 Å². The number of nitrogens with zero attached hydrogens (tertiary/aromatic N) is 2. The Morgan fingerprint density at radius 2 is 1.08 bits per heavy atom. The number of fused-ring (bicyclic) bond motifs is 4. The van der Waals surface area contributed by atoms with Crippen molar-refractivity contribution in [1.29, 1.82) is 0 Å². The van der Waals surface area contributed by atoms with Crippen LogP contribution in [-0.2, 0) is 0 Å². The molecule has 0 radical (unpaired) electrons. The van der Waals surface area contributed by atoms with Crippen molar-refractivity contribution < 1.29 is 0 Å². The van der Waals surface area contributed by atoms with E-state index in [1.807, 2.05) is 24.5 Å². The number of anilines is 3. The molecule has 8 rings (SSSR count). The predicted octanol–water partition coefficient (Wildman–Crippen LogP) is 10.2. The van der Waals surface area contributed by atoms with Crippen LogP contribution in [0.4, 0.5) is 17.1 Å². The molecule has 0 unspecified atom stereocenters. The van der Waals surface area contributed by atoms with Crippen LogP contribution in [0.2, 0.25) is 0 Å². The highest BCUT2D eigenvalue weighted by Gasteiger charge is 2.21. The summed E-state index contributed by atoms with van der Waals surface area (Å²) in [5.74, 6) is 0. The van der Waals surface area contributed by atoms with Crippen molar-refractivity contribution in [3.63, 3.8) is 0 Å². The lowest BCUT2D eigenvalue weighted by molar-refractivity contribution is 1.23. The maximum atomic E-state index is 4.36. The van der Waals surface area contributed by atoms with Crippen molar-refractivity contribution in [2.75, 3.05) is 4.90 Å². The van der Waals surface area contributed by atoms with Gasteiger partial charge in [0.2, 0.25) is 0 Å². The van der Waals surface area contributed by atoms with Crippen LogP contribution in [0.25, 0.3) is 54.9 Å². The highest BCUT2D eigenvalue weighted by Crippen LogP contribution is 2.48. The molecule has 0 fully saturated rings. The molecule has 39 heavy (non-hydrogen) atoms. The summed E-state index contributed by atoms with van der Waals surface area (Å²) in [6, 6.07) is 48.1. The molecule has 1 aliphatic rings. The Labute approximate surface area is 227 Å². The van der Waals surface area contributed by atoms with Crippen LogP contribution in [0.15, 0.2) is 146 Å². The van der Waals surface area contributed by atoms with Gasteiger partial charge in [0.25, 0.3) is 0 Å². The van der Waals surface area contributed by atoms with E-state index < -0.39 is 0 Å². The molecule has 0 aliphatic heterocycles. The minimum absolute atomic E-state index is 1.03.